The Bertz CT molecular complexity index is 275. The third-order valence-electron chi connectivity index (χ3n) is 3.78. The van der Waals surface area contributed by atoms with Crippen LogP contribution in [0.3, 0.4) is 0 Å². The van der Waals surface area contributed by atoms with E-state index in [-0.39, 0.29) is 0 Å². The molecule has 1 saturated heterocycles. The largest absolute Gasteiger partial charge is 0.481 e. The summed E-state index contributed by atoms with van der Waals surface area (Å²) in [5.74, 6) is -0.0533. The Labute approximate surface area is 97.1 Å². The van der Waals surface area contributed by atoms with E-state index in [2.05, 4.69) is 17.1 Å². The maximum absolute atomic E-state index is 10.5. The molecular formula is C13H21NO2. The number of carbonyl (C=O) groups is 1. The molecule has 1 aliphatic heterocycles. The van der Waals surface area contributed by atoms with E-state index in [1.807, 2.05) is 0 Å². The molecule has 0 bridgehead atoms. The van der Waals surface area contributed by atoms with Gasteiger partial charge in [0.05, 0.1) is 0 Å². The van der Waals surface area contributed by atoms with Crippen molar-refractivity contribution in [1.82, 2.24) is 4.90 Å². The molecule has 16 heavy (non-hydrogen) atoms. The minimum atomic E-state index is -0.656. The summed E-state index contributed by atoms with van der Waals surface area (Å²) in [6.07, 6.45) is 10.8. The van der Waals surface area contributed by atoms with E-state index in [1.54, 1.807) is 0 Å². The van der Waals surface area contributed by atoms with Crippen molar-refractivity contribution in [3.63, 3.8) is 0 Å². The van der Waals surface area contributed by atoms with Crippen molar-refractivity contribution < 1.29 is 9.90 Å². The zero-order valence-electron chi connectivity index (χ0n) is 9.77. The van der Waals surface area contributed by atoms with Gasteiger partial charge in [-0.2, -0.15) is 0 Å². The van der Waals surface area contributed by atoms with Crippen LogP contribution >= 0.6 is 0 Å². The lowest BCUT2D eigenvalue weighted by Crippen LogP contribution is -2.32. The molecule has 0 aromatic heterocycles. The van der Waals surface area contributed by atoms with Gasteiger partial charge in [0.2, 0.25) is 0 Å². The normalized spacial score (nSPS) is 30.8. The Morgan fingerprint density at radius 2 is 2.31 bits per heavy atom. The van der Waals surface area contributed by atoms with Gasteiger partial charge in [-0.3, -0.25) is 9.69 Å². The van der Waals surface area contributed by atoms with Crippen molar-refractivity contribution >= 4 is 5.97 Å². The van der Waals surface area contributed by atoms with E-state index in [0.29, 0.717) is 18.4 Å². The fraction of sp³-hybridized carbons (Fsp3) is 0.769. The van der Waals surface area contributed by atoms with Crippen LogP contribution in [0.15, 0.2) is 12.2 Å². The lowest BCUT2D eigenvalue weighted by atomic mass is 10.0. The molecule has 0 amide bonds. The van der Waals surface area contributed by atoms with Crippen molar-refractivity contribution in [1.29, 1.82) is 0 Å². The van der Waals surface area contributed by atoms with E-state index in [9.17, 15) is 4.79 Å². The van der Waals surface area contributed by atoms with Crippen molar-refractivity contribution in [2.45, 2.75) is 44.6 Å². The van der Waals surface area contributed by atoms with Gasteiger partial charge < -0.3 is 5.11 Å². The maximum Gasteiger partial charge on any atom is 0.303 e. The van der Waals surface area contributed by atoms with E-state index in [0.717, 1.165) is 19.5 Å². The summed E-state index contributed by atoms with van der Waals surface area (Å²) in [7, 11) is 0. The SMILES string of the molecule is O=C(O)CCC1CCN(C2C=CCCC2)C1. The predicted molar refractivity (Wildman–Crippen MR) is 63.3 cm³/mol. The van der Waals surface area contributed by atoms with Gasteiger partial charge in [0.1, 0.15) is 0 Å². The number of carboxylic acid groups (broad SMARTS) is 1. The number of hydrogen-bond acceptors (Lipinski definition) is 2. The summed E-state index contributed by atoms with van der Waals surface area (Å²) in [6.45, 7) is 2.25. The monoisotopic (exact) mass is 223 g/mol. The Morgan fingerprint density at radius 3 is 3.00 bits per heavy atom. The fourth-order valence-electron chi connectivity index (χ4n) is 2.83. The van der Waals surface area contributed by atoms with Crippen LogP contribution in [-0.4, -0.2) is 35.1 Å². The van der Waals surface area contributed by atoms with E-state index >= 15 is 0 Å². The number of allylic oxidation sites excluding steroid dienone is 1. The van der Waals surface area contributed by atoms with Crippen molar-refractivity contribution in [2.75, 3.05) is 13.1 Å². The van der Waals surface area contributed by atoms with Crippen LogP contribution in [0.1, 0.15) is 38.5 Å². The van der Waals surface area contributed by atoms with Crippen LogP contribution in [0.25, 0.3) is 0 Å². The average Bonchev–Trinajstić information content (AvgIpc) is 2.76. The molecule has 3 heteroatoms. The second-order valence-electron chi connectivity index (χ2n) is 5.01. The first-order chi connectivity index (χ1) is 7.75. The number of nitrogens with zero attached hydrogens (tertiary/aromatic N) is 1. The van der Waals surface area contributed by atoms with Crippen molar-refractivity contribution in [3.8, 4) is 0 Å². The van der Waals surface area contributed by atoms with Gasteiger partial charge >= 0.3 is 5.97 Å². The first kappa shape index (κ1) is 11.6. The third-order valence-corrected chi connectivity index (χ3v) is 3.78. The molecule has 1 fully saturated rings. The standard InChI is InChI=1S/C13H21NO2/c15-13(16)7-6-11-8-9-14(10-11)12-4-2-1-3-5-12/h2,4,11-12H,1,3,5-10H2,(H,15,16). The van der Waals surface area contributed by atoms with Crippen LogP contribution in [0.5, 0.6) is 0 Å². The Kier molecular flexibility index (Phi) is 3.99. The van der Waals surface area contributed by atoms with Crippen molar-refractivity contribution in [2.24, 2.45) is 5.92 Å². The molecule has 0 aromatic carbocycles. The smallest absolute Gasteiger partial charge is 0.303 e. The molecule has 2 unspecified atom stereocenters. The number of rotatable bonds is 4. The zero-order valence-corrected chi connectivity index (χ0v) is 9.77. The minimum Gasteiger partial charge on any atom is -0.481 e. The summed E-state index contributed by atoms with van der Waals surface area (Å²) in [5.41, 5.74) is 0. The molecule has 1 heterocycles. The topological polar surface area (TPSA) is 40.5 Å². The molecule has 2 atom stereocenters. The van der Waals surface area contributed by atoms with Gasteiger partial charge in [0.25, 0.3) is 0 Å². The van der Waals surface area contributed by atoms with Gasteiger partial charge in [-0.05, 0) is 44.6 Å². The summed E-state index contributed by atoms with van der Waals surface area (Å²) < 4.78 is 0. The van der Waals surface area contributed by atoms with E-state index in [4.69, 9.17) is 5.11 Å². The van der Waals surface area contributed by atoms with Crippen LogP contribution < -0.4 is 0 Å². The molecule has 0 radical (unpaired) electrons. The predicted octanol–water partition coefficient (Wildman–Crippen LogP) is 2.28. The highest BCUT2D eigenvalue weighted by molar-refractivity contribution is 5.66. The lowest BCUT2D eigenvalue weighted by Gasteiger charge is -2.27. The zero-order chi connectivity index (χ0) is 11.4. The summed E-state index contributed by atoms with van der Waals surface area (Å²) in [4.78, 5) is 13.0. The summed E-state index contributed by atoms with van der Waals surface area (Å²) in [6, 6.07) is 0.628. The third kappa shape index (κ3) is 3.08. The van der Waals surface area contributed by atoms with Gasteiger partial charge in [0.15, 0.2) is 0 Å². The van der Waals surface area contributed by atoms with Gasteiger partial charge in [-0.1, -0.05) is 12.2 Å². The first-order valence-electron chi connectivity index (χ1n) is 6.38. The molecular weight excluding hydrogens is 202 g/mol. The summed E-state index contributed by atoms with van der Waals surface area (Å²) >= 11 is 0. The number of carboxylic acids is 1. The number of hydrogen-bond donors (Lipinski definition) is 1. The van der Waals surface area contributed by atoms with Crippen LogP contribution in [-0.2, 0) is 4.79 Å². The Hall–Kier alpha value is -0.830. The van der Waals surface area contributed by atoms with E-state index < -0.39 is 5.97 Å². The average molecular weight is 223 g/mol. The van der Waals surface area contributed by atoms with Gasteiger partial charge in [-0.15, -0.1) is 0 Å². The molecule has 3 nitrogen and oxygen atoms in total. The van der Waals surface area contributed by atoms with Gasteiger partial charge in [0, 0.05) is 19.0 Å². The molecule has 2 rings (SSSR count). The molecule has 1 aliphatic carbocycles. The van der Waals surface area contributed by atoms with Crippen LogP contribution in [0.4, 0.5) is 0 Å². The van der Waals surface area contributed by atoms with Crippen molar-refractivity contribution in [3.05, 3.63) is 12.2 Å². The highest BCUT2D eigenvalue weighted by atomic mass is 16.4. The molecule has 0 aromatic rings. The second-order valence-corrected chi connectivity index (χ2v) is 5.01. The van der Waals surface area contributed by atoms with Crippen LogP contribution in [0.2, 0.25) is 0 Å². The van der Waals surface area contributed by atoms with Crippen LogP contribution in [0, 0.1) is 5.92 Å². The molecule has 2 aliphatic rings. The van der Waals surface area contributed by atoms with Gasteiger partial charge in [-0.25, -0.2) is 0 Å². The first-order valence-corrected chi connectivity index (χ1v) is 6.38. The Balaban J connectivity index is 1.76. The minimum absolute atomic E-state index is 0.332. The second kappa shape index (κ2) is 5.48. The molecule has 1 N–H and O–H groups in total. The number of likely N-dealkylation sites (tertiary alicyclic amines) is 1. The molecule has 90 valence electrons. The fourth-order valence-corrected chi connectivity index (χ4v) is 2.83. The Morgan fingerprint density at radius 1 is 1.44 bits per heavy atom. The van der Waals surface area contributed by atoms with E-state index in [1.165, 1.54) is 25.7 Å². The highest BCUT2D eigenvalue weighted by Gasteiger charge is 2.27. The maximum atomic E-state index is 10.5. The number of aliphatic carboxylic acids is 1. The quantitative estimate of drug-likeness (QED) is 0.743. The molecule has 0 saturated carbocycles. The lowest BCUT2D eigenvalue weighted by molar-refractivity contribution is -0.137. The summed E-state index contributed by atoms with van der Waals surface area (Å²) in [5, 5.41) is 8.66. The molecule has 0 spiro atoms. The highest BCUT2D eigenvalue weighted by Crippen LogP contribution is 2.26.